The molecule has 30 heavy (non-hydrogen) atoms. The van der Waals surface area contributed by atoms with Crippen molar-refractivity contribution in [2.75, 3.05) is 5.75 Å². The number of benzene rings is 1. The van der Waals surface area contributed by atoms with Crippen molar-refractivity contribution in [1.29, 1.82) is 0 Å². The number of fused-ring (bicyclic) bond motifs is 3. The molecule has 2 bridgehead atoms. The summed E-state index contributed by atoms with van der Waals surface area (Å²) in [5, 5.41) is 10.6. The molecule has 3 aromatic rings. The molecule has 156 valence electrons. The molecule has 2 aliphatic rings. The van der Waals surface area contributed by atoms with E-state index in [1.165, 1.54) is 48.3 Å². The number of hydrogen-bond donors (Lipinski definition) is 2. The zero-order valence-corrected chi connectivity index (χ0v) is 17.6. The van der Waals surface area contributed by atoms with Gasteiger partial charge in [-0.25, -0.2) is 14.6 Å². The number of amides is 1. The van der Waals surface area contributed by atoms with Crippen LogP contribution in [-0.2, 0) is 4.79 Å². The quantitative estimate of drug-likeness (QED) is 0.465. The number of rotatable bonds is 6. The van der Waals surface area contributed by atoms with Gasteiger partial charge in [-0.15, -0.1) is 0 Å². The minimum absolute atomic E-state index is 0.0400. The Morgan fingerprint density at radius 2 is 2.20 bits per heavy atom. The van der Waals surface area contributed by atoms with Gasteiger partial charge in [0.05, 0.1) is 16.7 Å². The van der Waals surface area contributed by atoms with E-state index in [2.05, 4.69) is 32.4 Å². The van der Waals surface area contributed by atoms with Crippen LogP contribution in [0.15, 0.2) is 40.5 Å². The Kier molecular flexibility index (Phi) is 5.06. The van der Waals surface area contributed by atoms with Crippen molar-refractivity contribution in [1.82, 2.24) is 30.0 Å². The third-order valence-electron chi connectivity index (χ3n) is 6.52. The molecule has 0 unspecified atom stereocenters. The summed E-state index contributed by atoms with van der Waals surface area (Å²) in [5.41, 5.74) is 0.354. The molecule has 2 saturated carbocycles. The molecule has 0 saturated heterocycles. The van der Waals surface area contributed by atoms with Gasteiger partial charge in [0.1, 0.15) is 6.33 Å². The molecular formula is C21H24N6O2S. The highest BCUT2D eigenvalue weighted by Gasteiger charge is 2.42. The second-order valence-electron chi connectivity index (χ2n) is 8.34. The molecule has 8 nitrogen and oxygen atoms in total. The second kappa shape index (κ2) is 7.86. The predicted octanol–water partition coefficient (Wildman–Crippen LogP) is 2.54. The van der Waals surface area contributed by atoms with Crippen LogP contribution in [0.25, 0.3) is 16.9 Å². The Morgan fingerprint density at radius 1 is 1.33 bits per heavy atom. The van der Waals surface area contributed by atoms with Crippen LogP contribution in [0.1, 0.15) is 32.6 Å². The molecule has 2 heterocycles. The molecule has 2 N–H and O–H groups in total. The summed E-state index contributed by atoms with van der Waals surface area (Å²) in [6.07, 6.45) is 6.55. The van der Waals surface area contributed by atoms with Gasteiger partial charge in [0.2, 0.25) is 11.9 Å². The Hall–Kier alpha value is -2.68. The number of H-pyrrole nitrogens is 1. The number of hydrogen-bond acceptors (Lipinski definition) is 6. The molecule has 2 aliphatic carbocycles. The number of carbonyl (C=O) groups is 1. The van der Waals surface area contributed by atoms with Crippen molar-refractivity contribution >= 4 is 28.6 Å². The Balaban J connectivity index is 1.34. The van der Waals surface area contributed by atoms with Gasteiger partial charge in [-0.2, -0.15) is 10.1 Å². The third-order valence-corrected chi connectivity index (χ3v) is 7.45. The molecule has 2 fully saturated rings. The van der Waals surface area contributed by atoms with Crippen LogP contribution in [0.2, 0.25) is 0 Å². The summed E-state index contributed by atoms with van der Waals surface area (Å²) >= 11 is 1.23. The lowest BCUT2D eigenvalue weighted by Crippen LogP contribution is -2.41. The second-order valence-corrected chi connectivity index (χ2v) is 9.29. The van der Waals surface area contributed by atoms with Crippen molar-refractivity contribution in [2.45, 2.75) is 43.8 Å². The fourth-order valence-electron chi connectivity index (χ4n) is 5.14. The molecule has 0 spiro atoms. The average molecular weight is 425 g/mol. The normalized spacial score (nSPS) is 23.7. The summed E-state index contributed by atoms with van der Waals surface area (Å²) < 4.78 is 1.38. The van der Waals surface area contributed by atoms with E-state index in [0.717, 1.165) is 11.8 Å². The lowest BCUT2D eigenvalue weighted by Gasteiger charge is -2.28. The van der Waals surface area contributed by atoms with E-state index in [9.17, 15) is 9.59 Å². The van der Waals surface area contributed by atoms with Gasteiger partial charge < -0.3 is 5.32 Å². The molecule has 2 aromatic heterocycles. The van der Waals surface area contributed by atoms with E-state index in [-0.39, 0.29) is 29.2 Å². The molecule has 9 heteroatoms. The fourth-order valence-corrected chi connectivity index (χ4v) is 5.95. The van der Waals surface area contributed by atoms with Crippen LogP contribution in [0.5, 0.6) is 0 Å². The Bertz CT molecular complexity index is 1130. The lowest BCUT2D eigenvalue weighted by molar-refractivity contribution is -0.119. The Morgan fingerprint density at radius 3 is 2.93 bits per heavy atom. The van der Waals surface area contributed by atoms with Crippen LogP contribution in [0.4, 0.5) is 0 Å². The number of nitrogens with one attached hydrogen (secondary N) is 2. The van der Waals surface area contributed by atoms with Crippen molar-refractivity contribution in [3.63, 3.8) is 0 Å². The number of carbonyl (C=O) groups excluding carboxylic acids is 1. The SMILES string of the molecule is C[C@@H](NC(=O)CSc1nc2ccccc2c(=O)n1-c1ncn[nH]1)[C@H]1C[C@H]2CC[C@H]1C2. The van der Waals surface area contributed by atoms with E-state index < -0.39 is 0 Å². The number of nitrogens with zero attached hydrogens (tertiary/aromatic N) is 4. The largest absolute Gasteiger partial charge is 0.353 e. The van der Waals surface area contributed by atoms with Crippen molar-refractivity contribution in [3.05, 3.63) is 40.9 Å². The summed E-state index contributed by atoms with van der Waals surface area (Å²) in [7, 11) is 0. The van der Waals surface area contributed by atoms with Gasteiger partial charge in [0.25, 0.3) is 5.56 Å². The zero-order chi connectivity index (χ0) is 20.7. The minimum atomic E-state index is -0.240. The maximum Gasteiger partial charge on any atom is 0.269 e. The highest BCUT2D eigenvalue weighted by Crippen LogP contribution is 2.49. The number of para-hydroxylation sites is 1. The first-order valence-corrected chi connectivity index (χ1v) is 11.4. The maximum atomic E-state index is 13.0. The van der Waals surface area contributed by atoms with Crippen molar-refractivity contribution in [3.8, 4) is 5.95 Å². The van der Waals surface area contributed by atoms with E-state index in [1.54, 1.807) is 18.2 Å². The summed E-state index contributed by atoms with van der Waals surface area (Å²) in [6.45, 7) is 2.12. The van der Waals surface area contributed by atoms with Crippen molar-refractivity contribution < 1.29 is 4.79 Å². The van der Waals surface area contributed by atoms with E-state index in [1.807, 2.05) is 6.07 Å². The number of thioether (sulfide) groups is 1. The van der Waals surface area contributed by atoms with Crippen LogP contribution >= 0.6 is 11.8 Å². The minimum Gasteiger partial charge on any atom is -0.353 e. The number of aromatic amines is 1. The monoisotopic (exact) mass is 424 g/mol. The average Bonchev–Trinajstić information content (AvgIpc) is 3.51. The topological polar surface area (TPSA) is 106 Å². The highest BCUT2D eigenvalue weighted by molar-refractivity contribution is 7.99. The van der Waals surface area contributed by atoms with Gasteiger partial charge in [-0.3, -0.25) is 9.59 Å². The summed E-state index contributed by atoms with van der Waals surface area (Å²) in [6, 6.07) is 7.34. The first-order valence-electron chi connectivity index (χ1n) is 10.4. The molecule has 1 amide bonds. The molecule has 1 aromatic carbocycles. The predicted molar refractivity (Wildman–Crippen MR) is 115 cm³/mol. The van der Waals surface area contributed by atoms with Crippen LogP contribution in [0, 0.1) is 17.8 Å². The number of aromatic nitrogens is 5. The summed E-state index contributed by atoms with van der Waals surface area (Å²) in [5.74, 6) is 2.63. The molecule has 5 rings (SSSR count). The maximum absolute atomic E-state index is 13.0. The first kappa shape index (κ1) is 19.3. The van der Waals surface area contributed by atoms with Crippen LogP contribution < -0.4 is 10.9 Å². The van der Waals surface area contributed by atoms with E-state index >= 15 is 0 Å². The van der Waals surface area contributed by atoms with E-state index in [0.29, 0.717) is 22.0 Å². The van der Waals surface area contributed by atoms with Crippen LogP contribution in [-0.4, -0.2) is 42.4 Å². The fraction of sp³-hybridized carbons (Fsp3) is 0.476. The van der Waals surface area contributed by atoms with E-state index in [4.69, 9.17) is 0 Å². The Labute approximate surface area is 177 Å². The smallest absolute Gasteiger partial charge is 0.269 e. The third kappa shape index (κ3) is 3.51. The lowest BCUT2D eigenvalue weighted by atomic mass is 9.84. The van der Waals surface area contributed by atoms with Gasteiger partial charge in [0, 0.05) is 6.04 Å². The molecule has 0 radical (unpaired) electrons. The van der Waals surface area contributed by atoms with Gasteiger partial charge in [-0.1, -0.05) is 30.3 Å². The highest BCUT2D eigenvalue weighted by atomic mass is 32.2. The van der Waals surface area contributed by atoms with Crippen LogP contribution in [0.3, 0.4) is 0 Å². The standard InChI is InChI=1S/C21H24N6O2S/c1-12(16-9-13-6-7-14(16)8-13)24-18(28)10-30-21-25-17-5-3-2-4-15(17)19(29)27(21)20-22-11-23-26-20/h2-5,11-14,16H,6-10H2,1H3,(H,24,28)(H,22,23,26)/t12-,13+,14+,16-/m1/s1. The van der Waals surface area contributed by atoms with Gasteiger partial charge >= 0.3 is 0 Å². The summed E-state index contributed by atoms with van der Waals surface area (Å²) in [4.78, 5) is 34.4. The molecule has 0 aliphatic heterocycles. The first-order chi connectivity index (χ1) is 14.6. The van der Waals surface area contributed by atoms with Crippen molar-refractivity contribution in [2.24, 2.45) is 17.8 Å². The molecule has 4 atom stereocenters. The molecular weight excluding hydrogens is 400 g/mol. The zero-order valence-electron chi connectivity index (χ0n) is 16.7. The van der Waals surface area contributed by atoms with Gasteiger partial charge in [-0.05, 0) is 56.1 Å². The van der Waals surface area contributed by atoms with Gasteiger partial charge in [0.15, 0.2) is 5.16 Å².